The largest absolute Gasteiger partial charge is 0.342 e. The molecule has 1 N–H and O–H groups in total. The predicted molar refractivity (Wildman–Crippen MR) is 62.8 cm³/mol. The van der Waals surface area contributed by atoms with E-state index in [1.807, 2.05) is 0 Å². The Morgan fingerprint density at radius 1 is 1.41 bits per heavy atom. The molecular formula is C11H8N4O2. The SMILES string of the molecule is Cc1nc2c(cc([N+](=O)[O-])c3cccnc32)[nH]1. The number of rotatable bonds is 1. The van der Waals surface area contributed by atoms with Crippen LogP contribution >= 0.6 is 0 Å². The van der Waals surface area contributed by atoms with Gasteiger partial charge in [0.1, 0.15) is 16.9 Å². The lowest BCUT2D eigenvalue weighted by molar-refractivity contribution is -0.383. The van der Waals surface area contributed by atoms with Gasteiger partial charge in [-0.05, 0) is 19.1 Å². The first-order chi connectivity index (χ1) is 8.16. The van der Waals surface area contributed by atoms with Crippen LogP contribution in [0, 0.1) is 17.0 Å². The third-order valence-corrected chi connectivity index (χ3v) is 2.64. The molecule has 0 aliphatic rings. The van der Waals surface area contributed by atoms with Crippen LogP contribution in [0.3, 0.4) is 0 Å². The summed E-state index contributed by atoms with van der Waals surface area (Å²) in [5, 5.41) is 11.5. The number of nitrogens with one attached hydrogen (secondary N) is 1. The van der Waals surface area contributed by atoms with Gasteiger partial charge in [0, 0.05) is 12.3 Å². The maximum absolute atomic E-state index is 11.0. The van der Waals surface area contributed by atoms with Gasteiger partial charge in [-0.25, -0.2) is 4.98 Å². The number of non-ortho nitro benzene ring substituents is 1. The van der Waals surface area contributed by atoms with Gasteiger partial charge in [0.05, 0.1) is 15.8 Å². The monoisotopic (exact) mass is 228 g/mol. The number of benzene rings is 1. The fraction of sp³-hybridized carbons (Fsp3) is 0.0909. The summed E-state index contributed by atoms with van der Waals surface area (Å²) in [6, 6.07) is 4.87. The van der Waals surface area contributed by atoms with Crippen LogP contribution in [-0.2, 0) is 0 Å². The molecule has 0 bridgehead atoms. The highest BCUT2D eigenvalue weighted by Gasteiger charge is 2.17. The molecule has 0 unspecified atom stereocenters. The normalized spacial score (nSPS) is 11.1. The summed E-state index contributed by atoms with van der Waals surface area (Å²) in [5.74, 6) is 0.715. The van der Waals surface area contributed by atoms with Crippen molar-refractivity contribution in [2.24, 2.45) is 0 Å². The van der Waals surface area contributed by atoms with Gasteiger partial charge in [0.25, 0.3) is 5.69 Å². The number of hydrogen-bond acceptors (Lipinski definition) is 4. The number of aryl methyl sites for hydroxylation is 1. The third-order valence-electron chi connectivity index (χ3n) is 2.64. The Morgan fingerprint density at radius 3 is 3.00 bits per heavy atom. The van der Waals surface area contributed by atoms with E-state index in [-0.39, 0.29) is 5.69 Å². The standard InChI is InChI=1S/C11H8N4O2/c1-6-13-8-5-9(15(16)17)7-3-2-4-12-10(7)11(8)14-6/h2-5H,1H3,(H,13,14). The molecule has 1 aromatic carbocycles. The van der Waals surface area contributed by atoms with Gasteiger partial charge in [-0.1, -0.05) is 0 Å². The van der Waals surface area contributed by atoms with E-state index in [0.29, 0.717) is 27.8 Å². The average molecular weight is 228 g/mol. The molecule has 0 spiro atoms. The van der Waals surface area contributed by atoms with Crippen molar-refractivity contribution in [2.75, 3.05) is 0 Å². The van der Waals surface area contributed by atoms with Crippen LogP contribution < -0.4 is 0 Å². The van der Waals surface area contributed by atoms with Crippen molar-refractivity contribution in [3.05, 3.63) is 40.3 Å². The summed E-state index contributed by atoms with van der Waals surface area (Å²) in [5.41, 5.74) is 1.91. The maximum atomic E-state index is 11.0. The molecule has 0 radical (unpaired) electrons. The Bertz CT molecular complexity index is 748. The Labute approximate surface area is 95.5 Å². The smallest absolute Gasteiger partial charge is 0.281 e. The molecule has 2 aromatic heterocycles. The summed E-state index contributed by atoms with van der Waals surface area (Å²) in [7, 11) is 0. The minimum Gasteiger partial charge on any atom is -0.342 e. The van der Waals surface area contributed by atoms with Crippen molar-refractivity contribution in [3.63, 3.8) is 0 Å². The molecule has 0 atom stereocenters. The number of nitro benzene ring substituents is 1. The number of nitro groups is 1. The highest BCUT2D eigenvalue weighted by molar-refractivity contribution is 6.06. The predicted octanol–water partition coefficient (Wildman–Crippen LogP) is 2.33. The lowest BCUT2D eigenvalue weighted by Crippen LogP contribution is -1.91. The molecule has 0 saturated heterocycles. The second-order valence-corrected chi connectivity index (χ2v) is 3.77. The fourth-order valence-corrected chi connectivity index (χ4v) is 1.96. The van der Waals surface area contributed by atoms with Crippen LogP contribution in [0.2, 0.25) is 0 Å². The van der Waals surface area contributed by atoms with Crippen molar-refractivity contribution >= 4 is 27.6 Å². The Balaban J connectivity index is 2.58. The summed E-state index contributed by atoms with van der Waals surface area (Å²) >= 11 is 0. The first-order valence-electron chi connectivity index (χ1n) is 5.05. The molecule has 84 valence electrons. The van der Waals surface area contributed by atoms with Gasteiger partial charge in [0.15, 0.2) is 0 Å². The molecule has 0 aliphatic carbocycles. The maximum Gasteiger partial charge on any atom is 0.281 e. The number of nitrogens with zero attached hydrogens (tertiary/aromatic N) is 3. The zero-order chi connectivity index (χ0) is 12.0. The first kappa shape index (κ1) is 9.71. The van der Waals surface area contributed by atoms with E-state index in [2.05, 4.69) is 15.0 Å². The molecule has 0 fully saturated rings. The van der Waals surface area contributed by atoms with Gasteiger partial charge < -0.3 is 4.98 Å². The van der Waals surface area contributed by atoms with Crippen LogP contribution in [0.15, 0.2) is 24.4 Å². The molecule has 0 aliphatic heterocycles. The second kappa shape index (κ2) is 3.24. The van der Waals surface area contributed by atoms with Crippen molar-refractivity contribution < 1.29 is 4.92 Å². The van der Waals surface area contributed by atoms with E-state index in [0.717, 1.165) is 0 Å². The number of aromatic amines is 1. The summed E-state index contributed by atoms with van der Waals surface area (Å²) in [6.45, 7) is 1.81. The second-order valence-electron chi connectivity index (χ2n) is 3.77. The van der Waals surface area contributed by atoms with E-state index in [4.69, 9.17) is 0 Å². The number of pyridine rings is 1. The van der Waals surface area contributed by atoms with Crippen LogP contribution in [0.5, 0.6) is 0 Å². The van der Waals surface area contributed by atoms with E-state index in [1.54, 1.807) is 25.3 Å². The Kier molecular flexibility index (Phi) is 1.85. The molecule has 6 heteroatoms. The number of H-pyrrole nitrogens is 1. The summed E-state index contributed by atoms with van der Waals surface area (Å²) in [6.07, 6.45) is 1.61. The topological polar surface area (TPSA) is 84.7 Å². The zero-order valence-corrected chi connectivity index (χ0v) is 8.97. The van der Waals surface area contributed by atoms with E-state index in [9.17, 15) is 10.1 Å². The van der Waals surface area contributed by atoms with Gasteiger partial charge in [-0.15, -0.1) is 0 Å². The minimum absolute atomic E-state index is 0.0456. The highest BCUT2D eigenvalue weighted by Crippen LogP contribution is 2.30. The first-order valence-corrected chi connectivity index (χ1v) is 5.05. The third kappa shape index (κ3) is 1.34. The van der Waals surface area contributed by atoms with Crippen LogP contribution in [0.1, 0.15) is 5.82 Å². The molecule has 17 heavy (non-hydrogen) atoms. The van der Waals surface area contributed by atoms with Crippen molar-refractivity contribution in [3.8, 4) is 0 Å². The van der Waals surface area contributed by atoms with Crippen LogP contribution in [-0.4, -0.2) is 19.9 Å². The Hall–Kier alpha value is -2.50. The summed E-state index contributed by atoms with van der Waals surface area (Å²) in [4.78, 5) is 22.1. The molecule has 0 amide bonds. The van der Waals surface area contributed by atoms with Crippen molar-refractivity contribution in [2.45, 2.75) is 6.92 Å². The molecular weight excluding hydrogens is 220 g/mol. The highest BCUT2D eigenvalue weighted by atomic mass is 16.6. The lowest BCUT2D eigenvalue weighted by atomic mass is 10.1. The summed E-state index contributed by atoms with van der Waals surface area (Å²) < 4.78 is 0. The quantitative estimate of drug-likeness (QED) is 0.511. The van der Waals surface area contributed by atoms with E-state index < -0.39 is 4.92 Å². The molecule has 3 rings (SSSR count). The number of imidazole rings is 1. The van der Waals surface area contributed by atoms with E-state index in [1.165, 1.54) is 6.07 Å². The van der Waals surface area contributed by atoms with Gasteiger partial charge >= 0.3 is 0 Å². The number of fused-ring (bicyclic) bond motifs is 3. The zero-order valence-electron chi connectivity index (χ0n) is 8.97. The Morgan fingerprint density at radius 2 is 2.24 bits per heavy atom. The molecule has 6 nitrogen and oxygen atoms in total. The molecule has 3 aromatic rings. The minimum atomic E-state index is -0.403. The average Bonchev–Trinajstić information content (AvgIpc) is 2.68. The van der Waals surface area contributed by atoms with Crippen LogP contribution in [0.4, 0.5) is 5.69 Å². The van der Waals surface area contributed by atoms with Crippen molar-refractivity contribution in [1.29, 1.82) is 0 Å². The number of hydrogen-bond donors (Lipinski definition) is 1. The van der Waals surface area contributed by atoms with Gasteiger partial charge in [0.2, 0.25) is 0 Å². The van der Waals surface area contributed by atoms with Gasteiger partial charge in [-0.3, -0.25) is 15.1 Å². The van der Waals surface area contributed by atoms with E-state index >= 15 is 0 Å². The molecule has 2 heterocycles. The van der Waals surface area contributed by atoms with Crippen molar-refractivity contribution in [1.82, 2.24) is 15.0 Å². The number of aromatic nitrogens is 3. The fourth-order valence-electron chi connectivity index (χ4n) is 1.96. The lowest BCUT2D eigenvalue weighted by Gasteiger charge is -1.99. The molecule has 0 saturated carbocycles. The van der Waals surface area contributed by atoms with Crippen LogP contribution in [0.25, 0.3) is 21.9 Å². The van der Waals surface area contributed by atoms with Gasteiger partial charge in [-0.2, -0.15) is 0 Å².